The summed E-state index contributed by atoms with van der Waals surface area (Å²) < 4.78 is 11.4. The number of hydrogen-bond donors (Lipinski definition) is 1. The highest BCUT2D eigenvalue weighted by molar-refractivity contribution is 5.63. The lowest BCUT2D eigenvalue weighted by molar-refractivity contribution is -0.182. The maximum atomic E-state index is 10.8. The van der Waals surface area contributed by atoms with Crippen LogP contribution in [0.2, 0.25) is 0 Å². The van der Waals surface area contributed by atoms with Crippen LogP contribution in [0.3, 0.4) is 0 Å². The Labute approximate surface area is 134 Å². The van der Waals surface area contributed by atoms with Gasteiger partial charge in [0.25, 0.3) is 5.79 Å². The van der Waals surface area contributed by atoms with Crippen LogP contribution in [0.1, 0.15) is 5.56 Å². The van der Waals surface area contributed by atoms with Crippen molar-refractivity contribution in [1.82, 2.24) is 0 Å². The number of fused-ring (bicyclic) bond motifs is 1. The van der Waals surface area contributed by atoms with Crippen molar-refractivity contribution in [3.05, 3.63) is 84.4 Å². The molecule has 0 radical (unpaired) electrons. The van der Waals surface area contributed by atoms with E-state index in [2.05, 4.69) is 12.1 Å². The van der Waals surface area contributed by atoms with Crippen molar-refractivity contribution in [1.29, 1.82) is 0 Å². The lowest BCUT2D eigenvalue weighted by atomic mass is 10.00. The molecule has 0 amide bonds. The SMILES string of the molecule is O[C@@]1(c2ccc(-c3ccccc3)cc2)COc2ccccc2O1. The Morgan fingerprint density at radius 2 is 1.30 bits per heavy atom. The van der Waals surface area contributed by atoms with Crippen LogP contribution in [0.25, 0.3) is 11.1 Å². The van der Waals surface area contributed by atoms with Gasteiger partial charge in [0, 0.05) is 5.56 Å². The first kappa shape index (κ1) is 13.9. The van der Waals surface area contributed by atoms with Gasteiger partial charge in [-0.05, 0) is 23.3 Å². The molecule has 1 aliphatic rings. The maximum Gasteiger partial charge on any atom is 0.269 e. The molecular weight excluding hydrogens is 288 g/mol. The van der Waals surface area contributed by atoms with Gasteiger partial charge in [-0.2, -0.15) is 0 Å². The van der Waals surface area contributed by atoms with Gasteiger partial charge in [0.05, 0.1) is 0 Å². The molecule has 1 atom stereocenters. The molecule has 1 heterocycles. The second kappa shape index (κ2) is 5.45. The minimum atomic E-state index is -1.47. The molecule has 3 nitrogen and oxygen atoms in total. The van der Waals surface area contributed by atoms with Crippen molar-refractivity contribution in [2.75, 3.05) is 6.61 Å². The first-order valence-corrected chi connectivity index (χ1v) is 7.54. The number of para-hydroxylation sites is 2. The van der Waals surface area contributed by atoms with Crippen LogP contribution >= 0.6 is 0 Å². The van der Waals surface area contributed by atoms with Crippen molar-refractivity contribution < 1.29 is 14.6 Å². The Kier molecular flexibility index (Phi) is 3.28. The van der Waals surface area contributed by atoms with E-state index in [-0.39, 0.29) is 6.61 Å². The van der Waals surface area contributed by atoms with Gasteiger partial charge in [0.15, 0.2) is 18.1 Å². The molecule has 4 rings (SSSR count). The van der Waals surface area contributed by atoms with E-state index in [1.807, 2.05) is 60.7 Å². The molecule has 1 N–H and O–H groups in total. The molecule has 3 aromatic carbocycles. The summed E-state index contributed by atoms with van der Waals surface area (Å²) >= 11 is 0. The standard InChI is InChI=1S/C20H16O3/c21-20(14-22-18-8-4-5-9-19(18)23-20)17-12-10-16(11-13-17)15-6-2-1-3-7-15/h1-13,21H,14H2/t20-/m0/s1. The summed E-state index contributed by atoms with van der Waals surface area (Å²) in [6, 6.07) is 25.2. The Balaban J connectivity index is 1.64. The molecule has 114 valence electrons. The van der Waals surface area contributed by atoms with Gasteiger partial charge >= 0.3 is 0 Å². The zero-order valence-electron chi connectivity index (χ0n) is 12.5. The summed E-state index contributed by atoms with van der Waals surface area (Å²) in [6.07, 6.45) is 0. The maximum absolute atomic E-state index is 10.8. The minimum Gasteiger partial charge on any atom is -0.482 e. The fourth-order valence-corrected chi connectivity index (χ4v) is 2.74. The van der Waals surface area contributed by atoms with Crippen molar-refractivity contribution in [2.45, 2.75) is 5.79 Å². The normalized spacial score (nSPS) is 19.3. The van der Waals surface area contributed by atoms with E-state index in [4.69, 9.17) is 9.47 Å². The smallest absolute Gasteiger partial charge is 0.269 e. The number of ether oxygens (including phenoxy) is 2. The van der Waals surface area contributed by atoms with Gasteiger partial charge in [0.1, 0.15) is 0 Å². The van der Waals surface area contributed by atoms with E-state index in [0.29, 0.717) is 17.1 Å². The van der Waals surface area contributed by atoms with Crippen molar-refractivity contribution in [3.8, 4) is 22.6 Å². The summed E-state index contributed by atoms with van der Waals surface area (Å²) in [5, 5.41) is 10.8. The number of benzene rings is 3. The predicted octanol–water partition coefficient (Wildman–Crippen LogP) is 3.97. The molecule has 3 aromatic rings. The minimum absolute atomic E-state index is 0.0642. The summed E-state index contributed by atoms with van der Waals surface area (Å²) in [5.74, 6) is -0.268. The van der Waals surface area contributed by atoms with E-state index >= 15 is 0 Å². The topological polar surface area (TPSA) is 38.7 Å². The van der Waals surface area contributed by atoms with Gasteiger partial charge in [0.2, 0.25) is 0 Å². The van der Waals surface area contributed by atoms with Crippen LogP contribution < -0.4 is 9.47 Å². The molecule has 23 heavy (non-hydrogen) atoms. The Morgan fingerprint density at radius 1 is 0.696 bits per heavy atom. The van der Waals surface area contributed by atoms with Crippen molar-refractivity contribution in [2.24, 2.45) is 0 Å². The molecule has 3 heteroatoms. The molecule has 0 saturated carbocycles. The third-order valence-corrected chi connectivity index (χ3v) is 3.99. The first-order valence-electron chi connectivity index (χ1n) is 7.54. The number of hydrogen-bond acceptors (Lipinski definition) is 3. The fraction of sp³-hybridized carbons (Fsp3) is 0.100. The lowest BCUT2D eigenvalue weighted by Crippen LogP contribution is -2.41. The molecule has 0 bridgehead atoms. The number of aliphatic hydroxyl groups is 1. The van der Waals surface area contributed by atoms with Gasteiger partial charge in [-0.1, -0.05) is 66.7 Å². The zero-order chi connectivity index (χ0) is 15.7. The molecule has 1 aliphatic heterocycles. The van der Waals surface area contributed by atoms with Crippen molar-refractivity contribution >= 4 is 0 Å². The lowest BCUT2D eigenvalue weighted by Gasteiger charge is -2.34. The van der Waals surface area contributed by atoms with Gasteiger partial charge < -0.3 is 14.6 Å². The molecule has 0 fully saturated rings. The van der Waals surface area contributed by atoms with E-state index in [1.165, 1.54) is 0 Å². The van der Waals surface area contributed by atoms with Crippen LogP contribution in [-0.2, 0) is 5.79 Å². The van der Waals surface area contributed by atoms with E-state index in [9.17, 15) is 5.11 Å². The van der Waals surface area contributed by atoms with Crippen LogP contribution in [0.5, 0.6) is 11.5 Å². The molecule has 0 spiro atoms. The van der Waals surface area contributed by atoms with Crippen LogP contribution in [0.4, 0.5) is 0 Å². The monoisotopic (exact) mass is 304 g/mol. The van der Waals surface area contributed by atoms with E-state index < -0.39 is 5.79 Å². The van der Waals surface area contributed by atoms with Crippen LogP contribution in [0, 0.1) is 0 Å². The summed E-state index contributed by atoms with van der Waals surface area (Å²) in [7, 11) is 0. The Hall–Kier alpha value is -2.78. The van der Waals surface area contributed by atoms with Crippen molar-refractivity contribution in [3.63, 3.8) is 0 Å². The first-order chi connectivity index (χ1) is 11.2. The third-order valence-electron chi connectivity index (χ3n) is 3.99. The highest BCUT2D eigenvalue weighted by Crippen LogP contribution is 2.38. The van der Waals surface area contributed by atoms with Crippen LogP contribution in [0.15, 0.2) is 78.9 Å². The van der Waals surface area contributed by atoms with E-state index in [1.54, 1.807) is 6.07 Å². The zero-order valence-corrected chi connectivity index (χ0v) is 12.5. The summed E-state index contributed by atoms with van der Waals surface area (Å²) in [6.45, 7) is 0.0642. The second-order valence-electron chi connectivity index (χ2n) is 5.57. The molecule has 0 aromatic heterocycles. The molecular formula is C20H16O3. The van der Waals surface area contributed by atoms with Gasteiger partial charge in [-0.25, -0.2) is 0 Å². The van der Waals surface area contributed by atoms with E-state index in [0.717, 1.165) is 11.1 Å². The average molecular weight is 304 g/mol. The fourth-order valence-electron chi connectivity index (χ4n) is 2.74. The van der Waals surface area contributed by atoms with Crippen LogP contribution in [-0.4, -0.2) is 11.7 Å². The highest BCUT2D eigenvalue weighted by Gasteiger charge is 2.37. The summed E-state index contributed by atoms with van der Waals surface area (Å²) in [4.78, 5) is 0. The average Bonchev–Trinajstić information content (AvgIpc) is 2.62. The molecule has 0 saturated heterocycles. The Bertz CT molecular complexity index is 812. The predicted molar refractivity (Wildman–Crippen MR) is 88.3 cm³/mol. The molecule has 0 unspecified atom stereocenters. The largest absolute Gasteiger partial charge is 0.482 e. The number of rotatable bonds is 2. The third kappa shape index (κ3) is 2.56. The van der Waals surface area contributed by atoms with Gasteiger partial charge in [-0.15, -0.1) is 0 Å². The van der Waals surface area contributed by atoms with Gasteiger partial charge in [-0.3, -0.25) is 0 Å². The summed E-state index contributed by atoms with van der Waals surface area (Å²) in [5.41, 5.74) is 2.90. The Morgan fingerprint density at radius 3 is 2.04 bits per heavy atom. The quantitative estimate of drug-likeness (QED) is 0.778. The second-order valence-corrected chi connectivity index (χ2v) is 5.57. The molecule has 0 aliphatic carbocycles. The highest BCUT2D eigenvalue weighted by atomic mass is 16.7.